The zero-order valence-electron chi connectivity index (χ0n) is 11.1. The van der Waals surface area contributed by atoms with Crippen LogP contribution in [-0.2, 0) is 6.54 Å². The highest BCUT2D eigenvalue weighted by molar-refractivity contribution is 6.28. The second kappa shape index (κ2) is 5.06. The Hall–Kier alpha value is -1.42. The summed E-state index contributed by atoms with van der Waals surface area (Å²) in [5.74, 6) is 0.816. The normalized spacial score (nSPS) is 11.2. The average molecular weight is 268 g/mol. The van der Waals surface area contributed by atoms with Gasteiger partial charge in [0.05, 0.1) is 23.6 Å². The van der Waals surface area contributed by atoms with Gasteiger partial charge in [0, 0.05) is 6.04 Å². The molecular formula is C13H18ClN3O. The van der Waals surface area contributed by atoms with Gasteiger partial charge in [-0.1, -0.05) is 0 Å². The Kier molecular flexibility index (Phi) is 3.66. The van der Waals surface area contributed by atoms with Crippen LogP contribution >= 0.6 is 11.6 Å². The van der Waals surface area contributed by atoms with Crippen molar-refractivity contribution in [2.45, 2.75) is 40.3 Å². The van der Waals surface area contributed by atoms with Crippen molar-refractivity contribution in [1.82, 2.24) is 9.78 Å². The summed E-state index contributed by atoms with van der Waals surface area (Å²) in [5, 5.41) is 8.29. The van der Waals surface area contributed by atoms with E-state index in [0.717, 1.165) is 22.8 Å². The molecule has 0 aliphatic carbocycles. The topological polar surface area (TPSA) is 43.0 Å². The smallest absolute Gasteiger partial charge is 0.193 e. The molecule has 2 heterocycles. The first kappa shape index (κ1) is 13.0. The number of nitrogens with zero attached hydrogens (tertiary/aromatic N) is 2. The van der Waals surface area contributed by atoms with Crippen LogP contribution in [0.4, 0.5) is 5.69 Å². The molecule has 0 atom stereocenters. The van der Waals surface area contributed by atoms with Crippen LogP contribution < -0.4 is 5.32 Å². The zero-order valence-corrected chi connectivity index (χ0v) is 11.9. The maximum atomic E-state index is 5.74. The van der Waals surface area contributed by atoms with Crippen LogP contribution in [0.2, 0.25) is 5.22 Å². The van der Waals surface area contributed by atoms with Crippen LogP contribution in [0.15, 0.2) is 16.5 Å². The highest BCUT2D eigenvalue weighted by Crippen LogP contribution is 2.23. The summed E-state index contributed by atoms with van der Waals surface area (Å²) in [6, 6.07) is 3.97. The molecule has 18 heavy (non-hydrogen) atoms. The minimum absolute atomic E-state index is 0.359. The molecule has 0 spiro atoms. The molecular weight excluding hydrogens is 250 g/mol. The second-order valence-corrected chi connectivity index (χ2v) is 5.02. The predicted molar refractivity (Wildman–Crippen MR) is 73.1 cm³/mol. The Bertz CT molecular complexity index is 542. The molecule has 2 aromatic heterocycles. The number of anilines is 1. The summed E-state index contributed by atoms with van der Waals surface area (Å²) >= 11 is 5.74. The van der Waals surface area contributed by atoms with Crippen LogP contribution in [0.1, 0.15) is 37.0 Å². The highest BCUT2D eigenvalue weighted by atomic mass is 35.5. The molecule has 1 N–H and O–H groups in total. The lowest BCUT2D eigenvalue weighted by molar-refractivity contribution is 0.515. The minimum atomic E-state index is 0.359. The third kappa shape index (κ3) is 2.53. The first-order valence-electron chi connectivity index (χ1n) is 6.03. The second-order valence-electron chi connectivity index (χ2n) is 4.64. The number of furan rings is 1. The van der Waals surface area contributed by atoms with E-state index in [4.69, 9.17) is 16.0 Å². The van der Waals surface area contributed by atoms with Gasteiger partial charge in [0.2, 0.25) is 0 Å². The summed E-state index contributed by atoms with van der Waals surface area (Å²) in [6.45, 7) is 8.92. The molecule has 98 valence electrons. The molecule has 0 unspecified atom stereocenters. The van der Waals surface area contributed by atoms with E-state index >= 15 is 0 Å². The molecule has 0 bridgehead atoms. The van der Waals surface area contributed by atoms with E-state index in [-0.39, 0.29) is 0 Å². The molecule has 0 aromatic carbocycles. The van der Waals surface area contributed by atoms with Crippen molar-refractivity contribution >= 4 is 17.3 Å². The Balaban J connectivity index is 2.14. The summed E-state index contributed by atoms with van der Waals surface area (Å²) in [7, 11) is 0. The maximum absolute atomic E-state index is 5.74. The number of nitrogens with one attached hydrogen (secondary N) is 1. The van der Waals surface area contributed by atoms with Crippen molar-refractivity contribution < 1.29 is 4.42 Å². The van der Waals surface area contributed by atoms with Crippen molar-refractivity contribution in [3.05, 3.63) is 34.5 Å². The lowest BCUT2D eigenvalue weighted by Gasteiger charge is -2.09. The van der Waals surface area contributed by atoms with Gasteiger partial charge < -0.3 is 9.73 Å². The van der Waals surface area contributed by atoms with E-state index in [1.165, 1.54) is 0 Å². The third-order valence-corrected chi connectivity index (χ3v) is 3.09. The van der Waals surface area contributed by atoms with Crippen molar-refractivity contribution in [3.63, 3.8) is 0 Å². The van der Waals surface area contributed by atoms with Crippen molar-refractivity contribution in [2.75, 3.05) is 5.32 Å². The molecule has 0 aliphatic rings. The average Bonchev–Trinajstić information content (AvgIpc) is 2.82. The first-order valence-corrected chi connectivity index (χ1v) is 6.40. The van der Waals surface area contributed by atoms with Gasteiger partial charge in [-0.2, -0.15) is 5.10 Å². The quantitative estimate of drug-likeness (QED) is 0.912. The van der Waals surface area contributed by atoms with Gasteiger partial charge in [0.25, 0.3) is 0 Å². The van der Waals surface area contributed by atoms with Crippen LogP contribution in [0.25, 0.3) is 0 Å². The standard InChI is InChI=1S/C13H18ClN3O/c1-8(2)17-10(4)13(9(3)16-17)15-7-11-5-6-12(14)18-11/h5-6,8,15H,7H2,1-4H3. The first-order chi connectivity index (χ1) is 8.49. The van der Waals surface area contributed by atoms with Crippen LogP contribution in [0.3, 0.4) is 0 Å². The summed E-state index contributed by atoms with van der Waals surface area (Å²) in [4.78, 5) is 0. The Morgan fingerprint density at radius 1 is 1.39 bits per heavy atom. The van der Waals surface area contributed by atoms with Gasteiger partial charge in [0.15, 0.2) is 5.22 Å². The zero-order chi connectivity index (χ0) is 13.3. The monoisotopic (exact) mass is 267 g/mol. The summed E-state index contributed by atoms with van der Waals surface area (Å²) in [6.07, 6.45) is 0. The number of rotatable bonds is 4. The van der Waals surface area contributed by atoms with Gasteiger partial charge in [-0.15, -0.1) is 0 Å². The van der Waals surface area contributed by atoms with Gasteiger partial charge in [-0.05, 0) is 51.4 Å². The van der Waals surface area contributed by atoms with E-state index < -0.39 is 0 Å². The molecule has 0 amide bonds. The number of hydrogen-bond acceptors (Lipinski definition) is 3. The third-order valence-electron chi connectivity index (χ3n) is 2.88. The molecule has 0 fully saturated rings. The van der Waals surface area contributed by atoms with E-state index in [1.807, 2.05) is 17.7 Å². The molecule has 5 heteroatoms. The molecule has 2 aromatic rings. The molecule has 0 radical (unpaired) electrons. The van der Waals surface area contributed by atoms with E-state index in [9.17, 15) is 0 Å². The fraction of sp³-hybridized carbons (Fsp3) is 0.462. The predicted octanol–water partition coefficient (Wildman–Crippen LogP) is 3.94. The molecule has 0 saturated carbocycles. The number of hydrogen-bond donors (Lipinski definition) is 1. The van der Waals surface area contributed by atoms with Crippen LogP contribution in [-0.4, -0.2) is 9.78 Å². The molecule has 4 nitrogen and oxygen atoms in total. The van der Waals surface area contributed by atoms with Crippen LogP contribution in [0.5, 0.6) is 0 Å². The van der Waals surface area contributed by atoms with Gasteiger partial charge >= 0.3 is 0 Å². The molecule has 0 aliphatic heterocycles. The van der Waals surface area contributed by atoms with Crippen molar-refractivity contribution in [3.8, 4) is 0 Å². The van der Waals surface area contributed by atoms with Gasteiger partial charge in [-0.3, -0.25) is 4.68 Å². The Morgan fingerprint density at radius 3 is 2.61 bits per heavy atom. The number of aromatic nitrogens is 2. The van der Waals surface area contributed by atoms with Gasteiger partial charge in [0.1, 0.15) is 5.76 Å². The molecule has 2 rings (SSSR count). The number of halogens is 1. The fourth-order valence-electron chi connectivity index (χ4n) is 2.04. The van der Waals surface area contributed by atoms with Crippen LogP contribution in [0, 0.1) is 13.8 Å². The Labute approximate surface area is 112 Å². The maximum Gasteiger partial charge on any atom is 0.193 e. The lowest BCUT2D eigenvalue weighted by Crippen LogP contribution is -2.06. The molecule has 0 saturated heterocycles. The van der Waals surface area contributed by atoms with E-state index in [2.05, 4.69) is 31.2 Å². The van der Waals surface area contributed by atoms with E-state index in [0.29, 0.717) is 17.8 Å². The largest absolute Gasteiger partial charge is 0.448 e. The highest BCUT2D eigenvalue weighted by Gasteiger charge is 2.13. The SMILES string of the molecule is Cc1nn(C(C)C)c(C)c1NCc1ccc(Cl)o1. The summed E-state index contributed by atoms with van der Waals surface area (Å²) < 4.78 is 7.34. The van der Waals surface area contributed by atoms with E-state index in [1.54, 1.807) is 6.07 Å². The fourth-order valence-corrected chi connectivity index (χ4v) is 2.21. The number of aryl methyl sites for hydroxylation is 1. The Morgan fingerprint density at radius 2 is 2.11 bits per heavy atom. The van der Waals surface area contributed by atoms with Crippen molar-refractivity contribution in [1.29, 1.82) is 0 Å². The van der Waals surface area contributed by atoms with Gasteiger partial charge in [-0.25, -0.2) is 0 Å². The minimum Gasteiger partial charge on any atom is -0.448 e. The summed E-state index contributed by atoms with van der Waals surface area (Å²) in [5.41, 5.74) is 3.20. The van der Waals surface area contributed by atoms with Crippen molar-refractivity contribution in [2.24, 2.45) is 0 Å². The lowest BCUT2D eigenvalue weighted by atomic mass is 10.3.